The molecular weight excluding hydrogens is 292 g/mol. The van der Waals surface area contributed by atoms with Crippen LogP contribution in [0, 0.1) is 0 Å². The average Bonchev–Trinajstić information content (AvgIpc) is 3.06. The summed E-state index contributed by atoms with van der Waals surface area (Å²) in [7, 11) is 0. The van der Waals surface area contributed by atoms with E-state index in [0.717, 1.165) is 23.4 Å². The number of β-lactam (4-membered cyclic amide) rings is 1. The number of rotatable bonds is 3. The minimum atomic E-state index is -0.527. The van der Waals surface area contributed by atoms with Crippen molar-refractivity contribution in [2.45, 2.75) is 25.4 Å². The van der Waals surface area contributed by atoms with Crippen LogP contribution < -0.4 is 20.1 Å². The van der Waals surface area contributed by atoms with Crippen LogP contribution in [0.4, 0.5) is 5.69 Å². The molecule has 2 N–H and O–H groups in total. The van der Waals surface area contributed by atoms with Crippen molar-refractivity contribution in [1.29, 1.82) is 0 Å². The number of fused-ring (bicyclic) bond motifs is 1. The third-order valence-electron chi connectivity index (χ3n) is 4.50. The van der Waals surface area contributed by atoms with E-state index in [9.17, 15) is 4.79 Å². The number of aryl methyl sites for hydroxylation is 1. The maximum atomic E-state index is 12.3. The molecule has 5 heteroatoms. The number of hydrogen-bond donors (Lipinski definition) is 1. The fourth-order valence-electron chi connectivity index (χ4n) is 3.14. The molecule has 2 atom stereocenters. The lowest BCUT2D eigenvalue weighted by Crippen LogP contribution is -2.63. The molecule has 118 valence electrons. The molecule has 1 amide bonds. The summed E-state index contributed by atoms with van der Waals surface area (Å²) in [6, 6.07) is 13.1. The third-order valence-corrected chi connectivity index (χ3v) is 4.50. The molecule has 1 saturated heterocycles. The van der Waals surface area contributed by atoms with E-state index in [1.54, 1.807) is 4.90 Å². The molecule has 0 aliphatic carbocycles. The molecule has 0 saturated carbocycles. The molecule has 23 heavy (non-hydrogen) atoms. The second kappa shape index (κ2) is 5.28. The van der Waals surface area contributed by atoms with Crippen LogP contribution in [0.5, 0.6) is 11.5 Å². The van der Waals surface area contributed by atoms with Gasteiger partial charge in [-0.15, -0.1) is 0 Å². The molecular formula is C18H18N2O3. The van der Waals surface area contributed by atoms with Crippen LogP contribution in [0.3, 0.4) is 0 Å². The summed E-state index contributed by atoms with van der Waals surface area (Å²) in [4.78, 5) is 14.0. The zero-order chi connectivity index (χ0) is 16.0. The standard InChI is InChI=1S/C18H18N2O3/c1-2-11-3-6-13(7-4-11)20-17(16(19)18(20)21)12-5-8-14-15(9-12)23-10-22-14/h3-9,16-17H,2,10,19H2,1H3/t16-,17-/m1/s1. The van der Waals surface area contributed by atoms with E-state index in [4.69, 9.17) is 15.2 Å². The van der Waals surface area contributed by atoms with E-state index in [0.29, 0.717) is 5.75 Å². The molecule has 2 aromatic carbocycles. The van der Waals surface area contributed by atoms with Crippen molar-refractivity contribution in [2.24, 2.45) is 5.73 Å². The highest BCUT2D eigenvalue weighted by atomic mass is 16.7. The Morgan fingerprint density at radius 3 is 2.61 bits per heavy atom. The van der Waals surface area contributed by atoms with Crippen LogP contribution in [0.15, 0.2) is 42.5 Å². The summed E-state index contributed by atoms with van der Waals surface area (Å²) in [5, 5.41) is 0. The van der Waals surface area contributed by atoms with Crippen LogP contribution in [-0.4, -0.2) is 18.7 Å². The van der Waals surface area contributed by atoms with E-state index in [1.807, 2.05) is 42.5 Å². The number of ether oxygens (including phenoxy) is 2. The molecule has 0 radical (unpaired) electrons. The number of nitrogens with zero attached hydrogens (tertiary/aromatic N) is 1. The Bertz CT molecular complexity index is 757. The van der Waals surface area contributed by atoms with E-state index in [-0.39, 0.29) is 18.7 Å². The van der Waals surface area contributed by atoms with Gasteiger partial charge in [0, 0.05) is 5.69 Å². The first-order valence-electron chi connectivity index (χ1n) is 7.76. The predicted octanol–water partition coefficient (Wildman–Crippen LogP) is 2.39. The van der Waals surface area contributed by atoms with Crippen molar-refractivity contribution >= 4 is 11.6 Å². The minimum Gasteiger partial charge on any atom is -0.454 e. The summed E-state index contributed by atoms with van der Waals surface area (Å²) in [6.45, 7) is 2.34. The van der Waals surface area contributed by atoms with Gasteiger partial charge in [-0.05, 0) is 41.8 Å². The van der Waals surface area contributed by atoms with Gasteiger partial charge in [-0.1, -0.05) is 25.1 Å². The summed E-state index contributed by atoms with van der Waals surface area (Å²) in [5.41, 5.74) is 9.14. The number of hydrogen-bond acceptors (Lipinski definition) is 4. The third kappa shape index (κ3) is 2.16. The van der Waals surface area contributed by atoms with Crippen molar-refractivity contribution in [2.75, 3.05) is 11.7 Å². The van der Waals surface area contributed by atoms with Crippen molar-refractivity contribution in [1.82, 2.24) is 0 Å². The summed E-state index contributed by atoms with van der Waals surface area (Å²) < 4.78 is 10.8. The molecule has 0 aromatic heterocycles. The molecule has 2 heterocycles. The van der Waals surface area contributed by atoms with Crippen LogP contribution in [0.25, 0.3) is 0 Å². The van der Waals surface area contributed by atoms with Gasteiger partial charge in [-0.2, -0.15) is 0 Å². The molecule has 1 fully saturated rings. The maximum absolute atomic E-state index is 12.3. The largest absolute Gasteiger partial charge is 0.454 e. The zero-order valence-corrected chi connectivity index (χ0v) is 12.9. The van der Waals surface area contributed by atoms with Crippen molar-refractivity contribution in [3.8, 4) is 11.5 Å². The van der Waals surface area contributed by atoms with Crippen LogP contribution in [0.2, 0.25) is 0 Å². The van der Waals surface area contributed by atoms with Gasteiger partial charge in [0.2, 0.25) is 12.7 Å². The second-order valence-electron chi connectivity index (χ2n) is 5.81. The van der Waals surface area contributed by atoms with Gasteiger partial charge in [0.25, 0.3) is 0 Å². The number of amides is 1. The summed E-state index contributed by atoms with van der Waals surface area (Å²) >= 11 is 0. The normalized spacial score (nSPS) is 22.2. The van der Waals surface area contributed by atoms with Gasteiger partial charge in [-0.3, -0.25) is 4.79 Å². The highest BCUT2D eigenvalue weighted by Crippen LogP contribution is 2.42. The van der Waals surface area contributed by atoms with Crippen LogP contribution >= 0.6 is 0 Å². The quantitative estimate of drug-likeness (QED) is 0.884. The molecule has 0 bridgehead atoms. The second-order valence-corrected chi connectivity index (χ2v) is 5.81. The monoisotopic (exact) mass is 310 g/mol. The first-order valence-corrected chi connectivity index (χ1v) is 7.76. The molecule has 2 aromatic rings. The van der Waals surface area contributed by atoms with Crippen molar-refractivity contribution in [3.63, 3.8) is 0 Å². The smallest absolute Gasteiger partial charge is 0.247 e. The minimum absolute atomic E-state index is 0.0584. The highest BCUT2D eigenvalue weighted by molar-refractivity contribution is 6.05. The summed E-state index contributed by atoms with van der Waals surface area (Å²) in [5.74, 6) is 1.37. The number of carbonyl (C=O) groups is 1. The molecule has 5 nitrogen and oxygen atoms in total. The zero-order valence-electron chi connectivity index (χ0n) is 12.9. The molecule has 0 spiro atoms. The van der Waals surface area contributed by atoms with Gasteiger partial charge in [0.05, 0.1) is 6.04 Å². The molecule has 2 aliphatic heterocycles. The number of nitrogens with two attached hydrogens (primary N) is 1. The number of carbonyl (C=O) groups excluding carboxylic acids is 1. The fraction of sp³-hybridized carbons (Fsp3) is 0.278. The lowest BCUT2D eigenvalue weighted by Gasteiger charge is -2.45. The number of benzene rings is 2. The van der Waals surface area contributed by atoms with Gasteiger partial charge < -0.3 is 20.1 Å². The molecule has 2 aliphatic rings. The Balaban J connectivity index is 1.67. The van der Waals surface area contributed by atoms with Gasteiger partial charge >= 0.3 is 0 Å². The van der Waals surface area contributed by atoms with Crippen LogP contribution in [-0.2, 0) is 11.2 Å². The van der Waals surface area contributed by atoms with Crippen molar-refractivity contribution < 1.29 is 14.3 Å². The first kappa shape index (κ1) is 14.1. The van der Waals surface area contributed by atoms with Crippen molar-refractivity contribution in [3.05, 3.63) is 53.6 Å². The Labute approximate surface area is 134 Å². The Kier molecular flexibility index (Phi) is 3.23. The predicted molar refractivity (Wildman–Crippen MR) is 86.6 cm³/mol. The topological polar surface area (TPSA) is 64.8 Å². The lowest BCUT2D eigenvalue weighted by atomic mass is 9.88. The maximum Gasteiger partial charge on any atom is 0.247 e. The highest BCUT2D eigenvalue weighted by Gasteiger charge is 2.46. The van der Waals surface area contributed by atoms with Gasteiger partial charge in [0.1, 0.15) is 6.04 Å². The Morgan fingerprint density at radius 1 is 1.13 bits per heavy atom. The average molecular weight is 310 g/mol. The first-order chi connectivity index (χ1) is 11.2. The molecule has 0 unspecified atom stereocenters. The summed E-state index contributed by atoms with van der Waals surface area (Å²) in [6.07, 6.45) is 0.972. The SMILES string of the molecule is CCc1ccc(N2C(=O)[C@H](N)[C@H]2c2ccc3c(c2)OCO3)cc1. The fourth-order valence-corrected chi connectivity index (χ4v) is 3.14. The van der Waals surface area contributed by atoms with E-state index < -0.39 is 6.04 Å². The van der Waals surface area contributed by atoms with Gasteiger partial charge in [-0.25, -0.2) is 0 Å². The van der Waals surface area contributed by atoms with E-state index >= 15 is 0 Å². The van der Waals surface area contributed by atoms with Gasteiger partial charge in [0.15, 0.2) is 11.5 Å². The lowest BCUT2D eigenvalue weighted by molar-refractivity contribution is -0.126. The number of anilines is 1. The Hall–Kier alpha value is -2.53. The Morgan fingerprint density at radius 2 is 1.87 bits per heavy atom. The van der Waals surface area contributed by atoms with Crippen LogP contribution in [0.1, 0.15) is 24.1 Å². The molecule has 4 rings (SSSR count). The van der Waals surface area contributed by atoms with E-state index in [2.05, 4.69) is 6.92 Å². The van der Waals surface area contributed by atoms with E-state index in [1.165, 1.54) is 5.56 Å².